The Balaban J connectivity index is 2.26. The molecule has 6 nitrogen and oxygen atoms in total. The van der Waals surface area contributed by atoms with Crippen LogP contribution in [-0.2, 0) is 7.05 Å². The zero-order valence-corrected chi connectivity index (χ0v) is 14.0. The molecule has 0 unspecified atom stereocenters. The number of carbonyl (C=O) groups excluding carboxylic acids is 1. The second-order valence-electron chi connectivity index (χ2n) is 6.88. The molecule has 3 aromatic rings. The van der Waals surface area contributed by atoms with Gasteiger partial charge in [0.05, 0.1) is 5.39 Å². The Hall–Kier alpha value is -2.63. The second-order valence-corrected chi connectivity index (χ2v) is 6.88. The van der Waals surface area contributed by atoms with Gasteiger partial charge in [0.2, 0.25) is 0 Å². The number of rotatable bonds is 1. The summed E-state index contributed by atoms with van der Waals surface area (Å²) in [5, 5.41) is 3.35. The molecule has 0 aliphatic rings. The summed E-state index contributed by atoms with van der Waals surface area (Å²) in [6.07, 6.45) is 1.76. The molecule has 3 rings (SSSR count). The maximum Gasteiger partial charge on any atom is 0.268 e. The maximum atomic E-state index is 12.7. The van der Waals surface area contributed by atoms with Gasteiger partial charge in [-0.3, -0.25) is 14.0 Å². The molecule has 0 radical (unpaired) electrons. The van der Waals surface area contributed by atoms with Crippen molar-refractivity contribution >= 4 is 22.6 Å². The molecule has 0 atom stereocenters. The van der Waals surface area contributed by atoms with Gasteiger partial charge in [0, 0.05) is 18.8 Å². The number of fused-ring (bicyclic) bond motifs is 2. The molecule has 120 valence electrons. The zero-order chi connectivity index (χ0) is 16.9. The summed E-state index contributed by atoms with van der Waals surface area (Å²) in [5.74, 6) is -0.220. The lowest BCUT2D eigenvalue weighted by Crippen LogP contribution is -2.41. The third-order valence-corrected chi connectivity index (χ3v) is 3.67. The van der Waals surface area contributed by atoms with Gasteiger partial charge in [-0.05, 0) is 45.4 Å². The van der Waals surface area contributed by atoms with Gasteiger partial charge in [0.25, 0.3) is 11.5 Å². The quantitative estimate of drug-likeness (QED) is 0.747. The minimum Gasteiger partial charge on any atom is -0.346 e. The molecule has 0 spiro atoms. The van der Waals surface area contributed by atoms with Gasteiger partial charge in [0.15, 0.2) is 0 Å². The van der Waals surface area contributed by atoms with Crippen LogP contribution in [0.15, 0.2) is 29.2 Å². The van der Waals surface area contributed by atoms with E-state index in [-0.39, 0.29) is 17.0 Å². The van der Waals surface area contributed by atoms with E-state index in [9.17, 15) is 9.59 Å². The van der Waals surface area contributed by atoms with Gasteiger partial charge in [0.1, 0.15) is 17.0 Å². The molecule has 0 saturated carbocycles. The van der Waals surface area contributed by atoms with Crippen molar-refractivity contribution in [3.05, 3.63) is 46.0 Å². The topological polar surface area (TPSA) is 68.4 Å². The van der Waals surface area contributed by atoms with E-state index in [1.807, 2.05) is 33.8 Å². The number of hydrogen-bond donors (Lipinski definition) is 1. The van der Waals surface area contributed by atoms with E-state index in [0.717, 1.165) is 5.56 Å². The zero-order valence-electron chi connectivity index (χ0n) is 14.0. The number of aromatic nitrogens is 3. The number of amides is 1. The van der Waals surface area contributed by atoms with Gasteiger partial charge in [-0.15, -0.1) is 0 Å². The lowest BCUT2D eigenvalue weighted by Gasteiger charge is -2.20. The fraction of sp³-hybridized carbons (Fsp3) is 0.353. The Labute approximate surface area is 133 Å². The minimum atomic E-state index is -0.349. The van der Waals surface area contributed by atoms with Crippen molar-refractivity contribution in [3.8, 4) is 0 Å². The Morgan fingerprint density at radius 3 is 2.61 bits per heavy atom. The van der Waals surface area contributed by atoms with Crippen LogP contribution in [0, 0.1) is 6.92 Å². The number of hydrogen-bond acceptors (Lipinski definition) is 3. The molecule has 3 aromatic heterocycles. The Kier molecular flexibility index (Phi) is 3.28. The average Bonchev–Trinajstić information content (AvgIpc) is 2.76. The highest BCUT2D eigenvalue weighted by atomic mass is 16.2. The van der Waals surface area contributed by atoms with E-state index in [0.29, 0.717) is 22.4 Å². The van der Waals surface area contributed by atoms with E-state index in [2.05, 4.69) is 10.3 Å². The summed E-state index contributed by atoms with van der Waals surface area (Å²) in [6.45, 7) is 7.66. The fourth-order valence-electron chi connectivity index (χ4n) is 2.60. The molecule has 0 aliphatic heterocycles. The molecule has 0 aliphatic carbocycles. The summed E-state index contributed by atoms with van der Waals surface area (Å²) in [4.78, 5) is 29.7. The van der Waals surface area contributed by atoms with Crippen molar-refractivity contribution in [1.29, 1.82) is 0 Å². The van der Waals surface area contributed by atoms with E-state index >= 15 is 0 Å². The SMILES string of the molecule is Cc1ccc2nc3c(cc(C(=O)NC(C)(C)C)n3C)c(=O)n2c1. The van der Waals surface area contributed by atoms with Crippen LogP contribution in [0.25, 0.3) is 16.7 Å². The Bertz CT molecular complexity index is 990. The lowest BCUT2D eigenvalue weighted by molar-refractivity contribution is 0.0911. The van der Waals surface area contributed by atoms with Crippen LogP contribution >= 0.6 is 0 Å². The van der Waals surface area contributed by atoms with E-state index in [1.165, 1.54) is 4.40 Å². The van der Waals surface area contributed by atoms with Crippen LogP contribution in [0.5, 0.6) is 0 Å². The largest absolute Gasteiger partial charge is 0.346 e. The molecule has 1 amide bonds. The standard InChI is InChI=1S/C17H20N4O2/c1-10-6-7-13-18-14-11(16(23)21(13)9-10)8-12(20(14)5)15(22)19-17(2,3)4/h6-9H,1-5H3,(H,19,22). The van der Waals surface area contributed by atoms with Crippen LogP contribution in [0.2, 0.25) is 0 Å². The molecular formula is C17H20N4O2. The highest BCUT2D eigenvalue weighted by molar-refractivity contribution is 5.98. The monoisotopic (exact) mass is 312 g/mol. The Morgan fingerprint density at radius 1 is 1.26 bits per heavy atom. The molecule has 23 heavy (non-hydrogen) atoms. The van der Waals surface area contributed by atoms with Crippen molar-refractivity contribution in [1.82, 2.24) is 19.3 Å². The van der Waals surface area contributed by atoms with Crippen LogP contribution < -0.4 is 10.9 Å². The van der Waals surface area contributed by atoms with Crippen LogP contribution in [0.3, 0.4) is 0 Å². The summed E-state index contributed by atoms with van der Waals surface area (Å²) in [6, 6.07) is 5.32. The van der Waals surface area contributed by atoms with Crippen LogP contribution in [0.4, 0.5) is 0 Å². The third kappa shape index (κ3) is 2.60. The molecule has 0 bridgehead atoms. The fourth-order valence-corrected chi connectivity index (χ4v) is 2.60. The summed E-state index contributed by atoms with van der Waals surface area (Å²) >= 11 is 0. The number of carbonyl (C=O) groups is 1. The predicted octanol–water partition coefficient (Wildman–Crippen LogP) is 2.02. The molecule has 0 saturated heterocycles. The predicted molar refractivity (Wildman–Crippen MR) is 89.9 cm³/mol. The van der Waals surface area contributed by atoms with Crippen molar-refractivity contribution in [2.24, 2.45) is 7.05 Å². The molecule has 1 N–H and O–H groups in total. The van der Waals surface area contributed by atoms with Crippen molar-refractivity contribution in [2.75, 3.05) is 0 Å². The van der Waals surface area contributed by atoms with Gasteiger partial charge in [-0.25, -0.2) is 4.98 Å². The van der Waals surface area contributed by atoms with Crippen molar-refractivity contribution in [2.45, 2.75) is 33.2 Å². The van der Waals surface area contributed by atoms with Crippen LogP contribution in [0.1, 0.15) is 36.8 Å². The molecule has 6 heteroatoms. The summed E-state index contributed by atoms with van der Waals surface area (Å²) in [7, 11) is 1.75. The Morgan fingerprint density at radius 2 is 1.96 bits per heavy atom. The normalized spacial score (nSPS) is 12.0. The van der Waals surface area contributed by atoms with Crippen molar-refractivity contribution in [3.63, 3.8) is 0 Å². The highest BCUT2D eigenvalue weighted by Crippen LogP contribution is 2.16. The van der Waals surface area contributed by atoms with Gasteiger partial charge >= 0.3 is 0 Å². The lowest BCUT2D eigenvalue weighted by atomic mass is 10.1. The number of nitrogens with zero attached hydrogens (tertiary/aromatic N) is 3. The van der Waals surface area contributed by atoms with E-state index < -0.39 is 0 Å². The van der Waals surface area contributed by atoms with Crippen molar-refractivity contribution < 1.29 is 4.79 Å². The first-order chi connectivity index (χ1) is 10.7. The maximum absolute atomic E-state index is 12.7. The van der Waals surface area contributed by atoms with Gasteiger partial charge in [-0.1, -0.05) is 6.07 Å². The number of pyridine rings is 1. The minimum absolute atomic E-state index is 0.167. The second kappa shape index (κ2) is 4.94. The first kappa shape index (κ1) is 15.3. The van der Waals surface area contributed by atoms with Gasteiger partial charge in [-0.2, -0.15) is 0 Å². The smallest absolute Gasteiger partial charge is 0.268 e. The first-order valence-electron chi connectivity index (χ1n) is 7.48. The number of nitrogens with one attached hydrogen (secondary N) is 1. The van der Waals surface area contributed by atoms with E-state index in [1.54, 1.807) is 29.9 Å². The number of aryl methyl sites for hydroxylation is 2. The van der Waals surface area contributed by atoms with Crippen LogP contribution in [-0.4, -0.2) is 25.4 Å². The summed E-state index contributed by atoms with van der Waals surface area (Å²) in [5.41, 5.74) is 1.96. The highest BCUT2D eigenvalue weighted by Gasteiger charge is 2.21. The molecular weight excluding hydrogens is 292 g/mol. The average molecular weight is 312 g/mol. The molecule has 3 heterocycles. The van der Waals surface area contributed by atoms with E-state index in [4.69, 9.17) is 0 Å². The summed E-state index contributed by atoms with van der Waals surface area (Å²) < 4.78 is 3.18. The first-order valence-corrected chi connectivity index (χ1v) is 7.48. The third-order valence-electron chi connectivity index (χ3n) is 3.67. The molecule has 0 aromatic carbocycles. The van der Waals surface area contributed by atoms with Gasteiger partial charge < -0.3 is 9.88 Å². The molecule has 0 fully saturated rings.